The summed E-state index contributed by atoms with van der Waals surface area (Å²) < 4.78 is 14.6. The van der Waals surface area contributed by atoms with Gasteiger partial charge in [-0.15, -0.1) is 0 Å². The summed E-state index contributed by atoms with van der Waals surface area (Å²) >= 11 is 0. The molecule has 3 aromatic rings. The molecule has 0 aliphatic carbocycles. The lowest BCUT2D eigenvalue weighted by Gasteiger charge is -2.35. The van der Waals surface area contributed by atoms with Crippen LogP contribution in [0.4, 0.5) is 0 Å². The van der Waals surface area contributed by atoms with E-state index in [0.29, 0.717) is 24.6 Å². The summed E-state index contributed by atoms with van der Waals surface area (Å²) in [5, 5.41) is 4.51. The first-order valence-electron chi connectivity index (χ1n) is 10.5. The first-order chi connectivity index (χ1) is 15.1. The van der Waals surface area contributed by atoms with Crippen LogP contribution in [0, 0.1) is 0 Å². The molecule has 1 fully saturated rings. The fourth-order valence-corrected chi connectivity index (χ4v) is 4.27. The minimum atomic E-state index is -0.635. The molecule has 1 unspecified atom stereocenters. The van der Waals surface area contributed by atoms with E-state index in [9.17, 15) is 9.59 Å². The molecule has 160 valence electrons. The van der Waals surface area contributed by atoms with Gasteiger partial charge in [-0.05, 0) is 37.1 Å². The Morgan fingerprint density at radius 3 is 2.42 bits per heavy atom. The van der Waals surface area contributed by atoms with Gasteiger partial charge in [0.1, 0.15) is 12.4 Å². The molecule has 0 spiro atoms. The molecule has 1 amide bonds. The zero-order valence-corrected chi connectivity index (χ0v) is 17.3. The van der Waals surface area contributed by atoms with E-state index in [1.807, 2.05) is 59.5 Å². The SMILES string of the molecule is Cn1nc(C2CCN(C(=O)C3COc4ccccc4O3)CC2)n(-c2ccccc2)c1=O. The molecule has 0 saturated carbocycles. The lowest BCUT2D eigenvalue weighted by molar-refractivity contribution is -0.142. The molecule has 2 aliphatic rings. The quantitative estimate of drug-likeness (QED) is 0.649. The second-order valence-electron chi connectivity index (χ2n) is 7.90. The van der Waals surface area contributed by atoms with E-state index in [1.165, 1.54) is 4.68 Å². The average Bonchev–Trinajstić information content (AvgIpc) is 3.13. The normalized spacial score (nSPS) is 18.7. The maximum atomic E-state index is 13.0. The Balaban J connectivity index is 1.29. The average molecular weight is 420 g/mol. The summed E-state index contributed by atoms with van der Waals surface area (Å²) in [5.74, 6) is 2.05. The van der Waals surface area contributed by atoms with Gasteiger partial charge in [0.2, 0.25) is 6.10 Å². The molecule has 2 aliphatic heterocycles. The fourth-order valence-electron chi connectivity index (χ4n) is 4.27. The van der Waals surface area contributed by atoms with Crippen LogP contribution in [0.3, 0.4) is 0 Å². The summed E-state index contributed by atoms with van der Waals surface area (Å²) in [6.07, 6.45) is 0.835. The highest BCUT2D eigenvalue weighted by Gasteiger charge is 2.34. The van der Waals surface area contributed by atoms with Crippen molar-refractivity contribution in [3.63, 3.8) is 0 Å². The molecular formula is C23H24N4O4. The van der Waals surface area contributed by atoms with Crippen molar-refractivity contribution in [2.75, 3.05) is 19.7 Å². The van der Waals surface area contributed by atoms with Gasteiger partial charge in [-0.3, -0.25) is 4.79 Å². The smallest absolute Gasteiger partial charge is 0.350 e. The molecule has 2 aromatic carbocycles. The van der Waals surface area contributed by atoms with E-state index in [0.717, 1.165) is 24.4 Å². The second-order valence-corrected chi connectivity index (χ2v) is 7.90. The number of rotatable bonds is 3. The van der Waals surface area contributed by atoms with Crippen LogP contribution in [-0.4, -0.2) is 51.0 Å². The van der Waals surface area contributed by atoms with Crippen LogP contribution < -0.4 is 15.2 Å². The Morgan fingerprint density at radius 1 is 1.00 bits per heavy atom. The van der Waals surface area contributed by atoms with Gasteiger partial charge in [-0.1, -0.05) is 30.3 Å². The van der Waals surface area contributed by atoms with Crippen LogP contribution in [0.2, 0.25) is 0 Å². The molecule has 1 saturated heterocycles. The lowest BCUT2D eigenvalue weighted by atomic mass is 9.95. The van der Waals surface area contributed by atoms with E-state index in [2.05, 4.69) is 5.10 Å². The van der Waals surface area contributed by atoms with Gasteiger partial charge in [0, 0.05) is 26.1 Å². The predicted molar refractivity (Wildman–Crippen MR) is 114 cm³/mol. The van der Waals surface area contributed by atoms with Gasteiger partial charge in [0.15, 0.2) is 11.5 Å². The molecule has 5 rings (SSSR count). The monoisotopic (exact) mass is 420 g/mol. The van der Waals surface area contributed by atoms with Crippen molar-refractivity contribution in [2.45, 2.75) is 24.9 Å². The highest BCUT2D eigenvalue weighted by molar-refractivity contribution is 5.82. The zero-order chi connectivity index (χ0) is 21.4. The summed E-state index contributed by atoms with van der Waals surface area (Å²) in [6.45, 7) is 1.39. The third-order valence-corrected chi connectivity index (χ3v) is 5.92. The third-order valence-electron chi connectivity index (χ3n) is 5.92. The third kappa shape index (κ3) is 3.58. The number of aromatic nitrogens is 3. The Hall–Kier alpha value is -3.55. The molecule has 31 heavy (non-hydrogen) atoms. The summed E-state index contributed by atoms with van der Waals surface area (Å²) in [6, 6.07) is 16.9. The second kappa shape index (κ2) is 7.94. The van der Waals surface area contributed by atoms with Gasteiger partial charge >= 0.3 is 5.69 Å². The maximum Gasteiger partial charge on any atom is 0.350 e. The number of fused-ring (bicyclic) bond motifs is 1. The molecule has 1 atom stereocenters. The summed E-state index contributed by atoms with van der Waals surface area (Å²) in [7, 11) is 1.67. The van der Waals surface area contributed by atoms with E-state index >= 15 is 0 Å². The molecule has 0 bridgehead atoms. The van der Waals surface area contributed by atoms with Crippen LogP contribution in [0.25, 0.3) is 5.69 Å². The van der Waals surface area contributed by atoms with Crippen LogP contribution in [0.1, 0.15) is 24.6 Å². The number of hydrogen-bond acceptors (Lipinski definition) is 5. The summed E-state index contributed by atoms with van der Waals surface area (Å²) in [4.78, 5) is 27.5. The van der Waals surface area contributed by atoms with E-state index in [1.54, 1.807) is 11.6 Å². The van der Waals surface area contributed by atoms with Gasteiger partial charge in [-0.25, -0.2) is 14.0 Å². The Bertz CT molecular complexity index is 1150. The van der Waals surface area contributed by atoms with Crippen LogP contribution in [-0.2, 0) is 11.8 Å². The van der Waals surface area contributed by atoms with Gasteiger partial charge < -0.3 is 14.4 Å². The number of aryl methyl sites for hydroxylation is 1. The highest BCUT2D eigenvalue weighted by Crippen LogP contribution is 2.32. The molecule has 8 heteroatoms. The predicted octanol–water partition coefficient (Wildman–Crippen LogP) is 2.12. The maximum absolute atomic E-state index is 13.0. The Morgan fingerprint density at radius 2 is 1.68 bits per heavy atom. The molecule has 3 heterocycles. The number of ether oxygens (including phenoxy) is 2. The number of amides is 1. The van der Waals surface area contributed by atoms with Crippen molar-refractivity contribution in [1.29, 1.82) is 0 Å². The topological polar surface area (TPSA) is 78.6 Å². The van der Waals surface area contributed by atoms with E-state index in [4.69, 9.17) is 9.47 Å². The molecule has 0 N–H and O–H groups in total. The minimum absolute atomic E-state index is 0.0607. The van der Waals surface area contributed by atoms with Gasteiger partial charge in [-0.2, -0.15) is 5.10 Å². The van der Waals surface area contributed by atoms with Crippen molar-refractivity contribution in [2.24, 2.45) is 7.05 Å². The Labute approximate surface area is 179 Å². The van der Waals surface area contributed by atoms with Crippen molar-refractivity contribution in [1.82, 2.24) is 19.2 Å². The largest absolute Gasteiger partial charge is 0.485 e. The van der Waals surface area contributed by atoms with Crippen molar-refractivity contribution < 1.29 is 14.3 Å². The van der Waals surface area contributed by atoms with Gasteiger partial charge in [0.25, 0.3) is 5.91 Å². The van der Waals surface area contributed by atoms with Crippen LogP contribution >= 0.6 is 0 Å². The zero-order valence-electron chi connectivity index (χ0n) is 17.3. The summed E-state index contributed by atoms with van der Waals surface area (Å²) in [5.41, 5.74) is 0.645. The Kier molecular flexibility index (Phi) is 4.97. The first kappa shape index (κ1) is 19.4. The highest BCUT2D eigenvalue weighted by atomic mass is 16.6. The molecule has 0 radical (unpaired) electrons. The van der Waals surface area contributed by atoms with Crippen LogP contribution in [0.15, 0.2) is 59.4 Å². The number of carbonyl (C=O) groups is 1. The number of piperidine rings is 1. The fraction of sp³-hybridized carbons (Fsp3) is 0.348. The number of nitrogens with zero attached hydrogens (tertiary/aromatic N) is 4. The van der Waals surface area contributed by atoms with Crippen molar-refractivity contribution >= 4 is 5.91 Å². The first-order valence-corrected chi connectivity index (χ1v) is 10.5. The minimum Gasteiger partial charge on any atom is -0.485 e. The lowest BCUT2D eigenvalue weighted by Crippen LogP contribution is -2.49. The number of benzene rings is 2. The number of likely N-dealkylation sites (tertiary alicyclic amines) is 1. The van der Waals surface area contributed by atoms with Crippen LogP contribution in [0.5, 0.6) is 11.5 Å². The van der Waals surface area contributed by atoms with Gasteiger partial charge in [0.05, 0.1) is 5.69 Å². The van der Waals surface area contributed by atoms with E-state index < -0.39 is 6.10 Å². The molecular weight excluding hydrogens is 396 g/mol. The number of hydrogen-bond donors (Lipinski definition) is 0. The van der Waals surface area contributed by atoms with Crippen molar-refractivity contribution in [3.8, 4) is 17.2 Å². The number of carbonyl (C=O) groups excluding carboxylic acids is 1. The number of para-hydroxylation sites is 3. The molecule has 1 aromatic heterocycles. The molecule has 8 nitrogen and oxygen atoms in total. The van der Waals surface area contributed by atoms with E-state index in [-0.39, 0.29) is 24.1 Å². The standard InChI is InChI=1S/C23H24N4O4/c1-25-23(29)27(17-7-3-2-4-8-17)21(24-25)16-11-13-26(14-12-16)22(28)20-15-30-18-9-5-6-10-19(18)31-20/h2-10,16,20H,11-15H2,1H3. The van der Waals surface area contributed by atoms with Crippen molar-refractivity contribution in [3.05, 3.63) is 70.9 Å².